The Bertz CT molecular complexity index is 1670. The molecule has 0 bridgehead atoms. The number of anilines is 1. The van der Waals surface area contributed by atoms with Crippen molar-refractivity contribution in [3.8, 4) is 5.75 Å². The van der Waals surface area contributed by atoms with E-state index >= 15 is 0 Å². The Morgan fingerprint density at radius 2 is 1.61 bits per heavy atom. The van der Waals surface area contributed by atoms with Crippen LogP contribution >= 0.6 is 0 Å². The Balaban J connectivity index is 1.82. The van der Waals surface area contributed by atoms with Crippen LogP contribution in [-0.2, 0) is 23.9 Å². The van der Waals surface area contributed by atoms with E-state index in [9.17, 15) is 23.2 Å². The molecule has 0 aromatic heterocycles. The summed E-state index contributed by atoms with van der Waals surface area (Å²) in [5, 5.41) is 0. The van der Waals surface area contributed by atoms with Crippen molar-refractivity contribution in [2.24, 2.45) is 11.7 Å². The Hall–Kier alpha value is -4.99. The van der Waals surface area contributed by atoms with Gasteiger partial charge in [-0.25, -0.2) is 13.6 Å². The summed E-state index contributed by atoms with van der Waals surface area (Å²) in [6, 6.07) is 17.9. The van der Waals surface area contributed by atoms with Gasteiger partial charge in [0.25, 0.3) is 0 Å². The van der Waals surface area contributed by atoms with E-state index in [1.165, 1.54) is 54.5 Å². The van der Waals surface area contributed by atoms with E-state index < -0.39 is 47.1 Å². The average molecular weight is 603 g/mol. The molecule has 1 aliphatic carbocycles. The summed E-state index contributed by atoms with van der Waals surface area (Å²) in [4.78, 5) is 43.4. The van der Waals surface area contributed by atoms with Gasteiger partial charge in [-0.05, 0) is 73.9 Å². The zero-order chi connectivity index (χ0) is 31.5. The van der Waals surface area contributed by atoms with Gasteiger partial charge in [-0.3, -0.25) is 14.5 Å². The minimum atomic E-state index is -1.29. The van der Waals surface area contributed by atoms with E-state index in [0.29, 0.717) is 22.6 Å². The molecule has 3 aromatic carbocycles. The molecule has 10 heteroatoms. The van der Waals surface area contributed by atoms with Gasteiger partial charge in [0.15, 0.2) is 5.78 Å². The monoisotopic (exact) mass is 602 g/mol. The van der Waals surface area contributed by atoms with Gasteiger partial charge in [0, 0.05) is 17.2 Å². The molecule has 1 aliphatic heterocycles. The minimum Gasteiger partial charge on any atom is -0.497 e. The molecule has 0 unspecified atom stereocenters. The molecule has 0 amide bonds. The Morgan fingerprint density at radius 3 is 2.27 bits per heavy atom. The van der Waals surface area contributed by atoms with Crippen LogP contribution in [0, 0.1) is 17.6 Å². The third-order valence-corrected chi connectivity index (χ3v) is 7.87. The van der Waals surface area contributed by atoms with Crippen molar-refractivity contribution in [2.75, 3.05) is 25.2 Å². The van der Waals surface area contributed by atoms with Crippen LogP contribution < -0.4 is 15.4 Å². The quantitative estimate of drug-likeness (QED) is 0.266. The number of ketones is 1. The highest BCUT2D eigenvalue weighted by atomic mass is 19.1. The van der Waals surface area contributed by atoms with Gasteiger partial charge < -0.3 is 19.9 Å². The third kappa shape index (κ3) is 5.55. The second-order valence-corrected chi connectivity index (χ2v) is 10.4. The smallest absolute Gasteiger partial charge is 0.338 e. The molecule has 8 nitrogen and oxygen atoms in total. The van der Waals surface area contributed by atoms with Crippen LogP contribution in [0.4, 0.5) is 14.5 Å². The maximum atomic E-state index is 14.8. The number of rotatable bonds is 8. The molecular weight excluding hydrogens is 570 g/mol. The Labute approximate surface area is 253 Å². The molecule has 1 heterocycles. The lowest BCUT2D eigenvalue weighted by atomic mass is 9.67. The molecule has 0 fully saturated rings. The van der Waals surface area contributed by atoms with Gasteiger partial charge in [0.1, 0.15) is 29.1 Å². The summed E-state index contributed by atoms with van der Waals surface area (Å²) >= 11 is 0. The molecule has 0 saturated carbocycles. The lowest BCUT2D eigenvalue weighted by Crippen LogP contribution is -2.46. The maximum Gasteiger partial charge on any atom is 0.338 e. The first-order chi connectivity index (χ1) is 21.2. The second-order valence-electron chi connectivity index (χ2n) is 10.4. The second kappa shape index (κ2) is 12.7. The highest BCUT2D eigenvalue weighted by Gasteiger charge is 2.51. The predicted octanol–water partition coefficient (Wildman–Crippen LogP) is 5.50. The minimum absolute atomic E-state index is 0.00886. The van der Waals surface area contributed by atoms with E-state index in [-0.39, 0.29) is 42.3 Å². The third-order valence-electron chi connectivity index (χ3n) is 7.87. The van der Waals surface area contributed by atoms with E-state index in [2.05, 4.69) is 0 Å². The van der Waals surface area contributed by atoms with Crippen LogP contribution in [0.3, 0.4) is 0 Å². The maximum absolute atomic E-state index is 14.8. The van der Waals surface area contributed by atoms with Crippen molar-refractivity contribution < 1.29 is 37.4 Å². The summed E-state index contributed by atoms with van der Waals surface area (Å²) in [6.07, 6.45) is 0.0860. The van der Waals surface area contributed by atoms with Crippen molar-refractivity contribution in [1.29, 1.82) is 0 Å². The fourth-order valence-corrected chi connectivity index (χ4v) is 6.02. The first-order valence-corrected chi connectivity index (χ1v) is 14.3. The molecule has 0 saturated heterocycles. The summed E-state index contributed by atoms with van der Waals surface area (Å²) < 4.78 is 44.9. The number of esters is 2. The van der Waals surface area contributed by atoms with Crippen LogP contribution in [0.2, 0.25) is 0 Å². The molecule has 0 spiro atoms. The van der Waals surface area contributed by atoms with Crippen LogP contribution in [0.1, 0.15) is 43.2 Å². The molecule has 2 N–H and O–H groups in total. The Morgan fingerprint density at radius 1 is 0.909 bits per heavy atom. The first-order valence-electron chi connectivity index (χ1n) is 14.3. The average Bonchev–Trinajstić information content (AvgIpc) is 3.01. The number of allylic oxidation sites excluding steroid dienone is 2. The zero-order valence-electron chi connectivity index (χ0n) is 24.5. The molecular formula is C34H32F2N2O6. The number of nitrogens with two attached hydrogens (primary N) is 1. The number of methoxy groups -OCH3 is 1. The van der Waals surface area contributed by atoms with E-state index in [4.69, 9.17) is 19.9 Å². The number of hydrogen-bond donors (Lipinski definition) is 1. The molecule has 3 atom stereocenters. The zero-order valence-corrected chi connectivity index (χ0v) is 24.5. The van der Waals surface area contributed by atoms with Gasteiger partial charge in [-0.2, -0.15) is 0 Å². The van der Waals surface area contributed by atoms with E-state index in [1.54, 1.807) is 44.2 Å². The van der Waals surface area contributed by atoms with Gasteiger partial charge in [-0.1, -0.05) is 30.3 Å². The number of carbonyl (C=O) groups excluding carboxylic acids is 3. The van der Waals surface area contributed by atoms with Gasteiger partial charge >= 0.3 is 11.9 Å². The van der Waals surface area contributed by atoms with E-state index in [0.717, 1.165) is 0 Å². The lowest BCUT2D eigenvalue weighted by Gasteiger charge is -2.44. The van der Waals surface area contributed by atoms with Crippen molar-refractivity contribution in [2.45, 2.75) is 32.1 Å². The van der Waals surface area contributed by atoms with E-state index in [1.807, 2.05) is 0 Å². The summed E-state index contributed by atoms with van der Waals surface area (Å²) in [5.74, 6) is -5.88. The highest BCUT2D eigenvalue weighted by molar-refractivity contribution is 6.14. The van der Waals surface area contributed by atoms with Crippen molar-refractivity contribution >= 4 is 23.4 Å². The first kappa shape index (κ1) is 30.5. The fraction of sp³-hybridized carbons (Fsp3) is 0.265. The van der Waals surface area contributed by atoms with Crippen molar-refractivity contribution in [3.63, 3.8) is 0 Å². The van der Waals surface area contributed by atoms with Crippen LogP contribution in [0.5, 0.6) is 5.75 Å². The molecule has 3 aromatic rings. The number of ether oxygens (including phenoxy) is 3. The number of Topliss-reactive ketones (excluding diaryl/α,β-unsaturated/α-hetero) is 1. The predicted molar refractivity (Wildman–Crippen MR) is 158 cm³/mol. The van der Waals surface area contributed by atoms with Crippen LogP contribution in [0.15, 0.2) is 95.5 Å². The standard InChI is InChI=1S/C34H32F2N2O6/c1-4-43-33(40)28-25(20-8-6-11-24(16-20)42-3)18-26-29(31(28)39)27(19-12-14-21(35)15-13-19)30(34(41)44-5-2)32(37)38(26)23-10-7-9-22(36)17-23/h6-17,25,27-28H,4-5,18,37H2,1-3H3/t25-,27-,28-/m1/s1. The molecule has 44 heavy (non-hydrogen) atoms. The highest BCUT2D eigenvalue weighted by Crippen LogP contribution is 2.51. The summed E-state index contributed by atoms with van der Waals surface area (Å²) in [5.41, 5.74) is 8.44. The molecule has 2 aliphatic rings. The van der Waals surface area contributed by atoms with Gasteiger partial charge in [-0.15, -0.1) is 0 Å². The molecule has 228 valence electrons. The molecule has 0 radical (unpaired) electrons. The largest absolute Gasteiger partial charge is 0.497 e. The van der Waals surface area contributed by atoms with Crippen LogP contribution in [0.25, 0.3) is 0 Å². The number of benzene rings is 3. The normalized spacial score (nSPS) is 19.9. The summed E-state index contributed by atoms with van der Waals surface area (Å²) in [7, 11) is 1.51. The van der Waals surface area contributed by atoms with Gasteiger partial charge in [0.05, 0.1) is 37.5 Å². The van der Waals surface area contributed by atoms with Crippen molar-refractivity contribution in [1.82, 2.24) is 0 Å². The lowest BCUT2D eigenvalue weighted by molar-refractivity contribution is -0.152. The molecule has 5 rings (SSSR count). The van der Waals surface area contributed by atoms with Crippen molar-refractivity contribution in [3.05, 3.63) is 118 Å². The van der Waals surface area contributed by atoms with Gasteiger partial charge in [0.2, 0.25) is 0 Å². The van der Waals surface area contributed by atoms with Crippen LogP contribution in [-0.4, -0.2) is 38.0 Å². The fourth-order valence-electron chi connectivity index (χ4n) is 6.02. The number of hydrogen-bond acceptors (Lipinski definition) is 8. The number of nitrogens with zero attached hydrogens (tertiary/aromatic N) is 1. The number of carbonyl (C=O) groups is 3. The Kier molecular flexibility index (Phi) is 8.80. The SMILES string of the molecule is CCOC(=O)C1=C(N)N(c2cccc(F)c2)C2=C(C(=O)[C@H](C(=O)OCC)[C@@H](c3cccc(OC)c3)C2)[C@H]1c1ccc(F)cc1. The summed E-state index contributed by atoms with van der Waals surface area (Å²) in [6.45, 7) is 3.32. The number of halogens is 2. The topological polar surface area (TPSA) is 108 Å².